The maximum Gasteiger partial charge on any atom is 0.419 e. The van der Waals surface area contributed by atoms with Crippen molar-refractivity contribution in [3.8, 4) is 5.88 Å². The van der Waals surface area contributed by atoms with E-state index < -0.39 is 5.76 Å². The minimum atomic E-state index is -0.601. The minimum Gasteiger partial charge on any atom is -0.492 e. The van der Waals surface area contributed by atoms with Crippen molar-refractivity contribution in [1.82, 2.24) is 4.98 Å². The van der Waals surface area contributed by atoms with Crippen LogP contribution < -0.4 is 5.76 Å². The van der Waals surface area contributed by atoms with Crippen LogP contribution in [0.5, 0.6) is 5.88 Å². The monoisotopic (exact) mass is 195 g/mol. The Balaban J connectivity index is 2.43. The van der Waals surface area contributed by atoms with Gasteiger partial charge in [-0.05, 0) is 30.8 Å². The van der Waals surface area contributed by atoms with Gasteiger partial charge in [0, 0.05) is 0 Å². The number of hydrogen-bond donors (Lipinski definition) is 2. The number of nitrogens with one attached hydrogen (secondary N) is 1. The van der Waals surface area contributed by atoms with Gasteiger partial charge in [0.15, 0.2) is 5.76 Å². The molecule has 4 heteroatoms. The van der Waals surface area contributed by atoms with Crippen LogP contribution in [-0.2, 0) is 0 Å². The van der Waals surface area contributed by atoms with Crippen LogP contribution in [0.25, 0.3) is 5.57 Å². The summed E-state index contributed by atoms with van der Waals surface area (Å²) in [7, 11) is 0. The number of hydrogen-bond acceptors (Lipinski definition) is 3. The highest BCUT2D eigenvalue weighted by molar-refractivity contribution is 5.66. The molecule has 0 aromatic carbocycles. The Hall–Kier alpha value is -1.45. The molecular weight excluding hydrogens is 182 g/mol. The smallest absolute Gasteiger partial charge is 0.419 e. The first kappa shape index (κ1) is 9.12. The van der Waals surface area contributed by atoms with Gasteiger partial charge in [0.25, 0.3) is 0 Å². The number of aromatic amines is 1. The Kier molecular flexibility index (Phi) is 2.19. The second kappa shape index (κ2) is 3.36. The van der Waals surface area contributed by atoms with Crippen molar-refractivity contribution in [2.45, 2.75) is 26.2 Å². The molecule has 0 bridgehead atoms. The summed E-state index contributed by atoms with van der Waals surface area (Å²) in [6.07, 6.45) is 5.23. The van der Waals surface area contributed by atoms with E-state index in [1.165, 1.54) is 0 Å². The van der Waals surface area contributed by atoms with Crippen molar-refractivity contribution < 1.29 is 9.52 Å². The van der Waals surface area contributed by atoms with Crippen molar-refractivity contribution in [3.05, 3.63) is 22.4 Å². The molecule has 0 saturated carbocycles. The van der Waals surface area contributed by atoms with E-state index in [2.05, 4.69) is 11.9 Å². The highest BCUT2D eigenvalue weighted by Gasteiger charge is 2.21. The molecule has 1 unspecified atom stereocenters. The molecule has 2 rings (SSSR count). The quantitative estimate of drug-likeness (QED) is 0.719. The average Bonchev–Trinajstić information content (AvgIpc) is 2.46. The fourth-order valence-electron chi connectivity index (χ4n) is 1.87. The molecule has 76 valence electrons. The third-order valence-corrected chi connectivity index (χ3v) is 2.63. The van der Waals surface area contributed by atoms with Crippen molar-refractivity contribution in [2.75, 3.05) is 0 Å². The van der Waals surface area contributed by atoms with E-state index in [4.69, 9.17) is 4.42 Å². The molecular formula is C10H13NO3. The first-order chi connectivity index (χ1) is 6.68. The fraction of sp³-hybridized carbons (Fsp3) is 0.500. The van der Waals surface area contributed by atoms with Gasteiger partial charge < -0.3 is 9.52 Å². The Morgan fingerprint density at radius 3 is 3.00 bits per heavy atom. The van der Waals surface area contributed by atoms with E-state index in [9.17, 15) is 9.90 Å². The molecule has 2 N–H and O–H groups in total. The van der Waals surface area contributed by atoms with Gasteiger partial charge >= 0.3 is 5.76 Å². The summed E-state index contributed by atoms with van der Waals surface area (Å²) in [5.74, 6) is -0.109. The number of allylic oxidation sites excluding steroid dienone is 2. The number of rotatable bonds is 1. The molecule has 1 aromatic heterocycles. The van der Waals surface area contributed by atoms with E-state index in [1.807, 2.05) is 6.08 Å². The number of H-pyrrole nitrogens is 1. The molecule has 0 saturated heterocycles. The SMILES string of the molecule is CC1CCCC=C1c1oc(=O)[nH]c1O. The predicted molar refractivity (Wildman–Crippen MR) is 52.0 cm³/mol. The Labute approximate surface area is 81.3 Å². The van der Waals surface area contributed by atoms with Gasteiger partial charge in [-0.1, -0.05) is 13.0 Å². The number of aromatic hydroxyl groups is 1. The van der Waals surface area contributed by atoms with E-state index in [-0.39, 0.29) is 5.88 Å². The average molecular weight is 195 g/mol. The summed E-state index contributed by atoms with van der Waals surface area (Å²) < 4.78 is 4.89. The van der Waals surface area contributed by atoms with Gasteiger partial charge in [-0.25, -0.2) is 4.79 Å². The topological polar surface area (TPSA) is 66.2 Å². The third kappa shape index (κ3) is 1.47. The number of oxazole rings is 1. The normalized spacial score (nSPS) is 22.1. The van der Waals surface area contributed by atoms with E-state index >= 15 is 0 Å². The van der Waals surface area contributed by atoms with Gasteiger partial charge in [-0.15, -0.1) is 0 Å². The van der Waals surface area contributed by atoms with Crippen LogP contribution in [0.2, 0.25) is 0 Å². The molecule has 1 aliphatic carbocycles. The van der Waals surface area contributed by atoms with Crippen molar-refractivity contribution in [1.29, 1.82) is 0 Å². The molecule has 14 heavy (non-hydrogen) atoms. The lowest BCUT2D eigenvalue weighted by Gasteiger charge is -2.18. The van der Waals surface area contributed by atoms with E-state index in [0.717, 1.165) is 24.8 Å². The van der Waals surface area contributed by atoms with Crippen LogP contribution in [0.1, 0.15) is 31.9 Å². The third-order valence-electron chi connectivity index (χ3n) is 2.63. The van der Waals surface area contributed by atoms with Crippen molar-refractivity contribution in [2.24, 2.45) is 5.92 Å². The summed E-state index contributed by atoms with van der Waals surface area (Å²) in [6.45, 7) is 2.07. The molecule has 1 aromatic rings. The summed E-state index contributed by atoms with van der Waals surface area (Å²) in [4.78, 5) is 13.1. The van der Waals surface area contributed by atoms with E-state index in [0.29, 0.717) is 11.7 Å². The Bertz CT molecular complexity index is 413. The van der Waals surface area contributed by atoms with Gasteiger partial charge in [0.1, 0.15) is 0 Å². The maximum atomic E-state index is 10.9. The second-order valence-electron chi connectivity index (χ2n) is 3.68. The molecule has 0 aliphatic heterocycles. The first-order valence-electron chi connectivity index (χ1n) is 4.81. The Morgan fingerprint density at radius 1 is 1.64 bits per heavy atom. The highest BCUT2D eigenvalue weighted by atomic mass is 16.4. The summed E-state index contributed by atoms with van der Waals surface area (Å²) in [5.41, 5.74) is 0.937. The molecule has 0 amide bonds. The summed E-state index contributed by atoms with van der Waals surface area (Å²) in [6, 6.07) is 0. The lowest BCUT2D eigenvalue weighted by Crippen LogP contribution is -2.03. The maximum absolute atomic E-state index is 10.9. The van der Waals surface area contributed by atoms with Crippen LogP contribution in [0.3, 0.4) is 0 Å². The van der Waals surface area contributed by atoms with Gasteiger partial charge in [-0.3, -0.25) is 4.98 Å². The summed E-state index contributed by atoms with van der Waals surface area (Å²) in [5, 5.41) is 9.41. The van der Waals surface area contributed by atoms with Crippen LogP contribution >= 0.6 is 0 Å². The molecule has 0 radical (unpaired) electrons. The predicted octanol–water partition coefficient (Wildman–Crippen LogP) is 1.88. The van der Waals surface area contributed by atoms with Gasteiger partial charge in [0.2, 0.25) is 5.88 Å². The molecule has 0 fully saturated rings. The fourth-order valence-corrected chi connectivity index (χ4v) is 1.87. The Morgan fingerprint density at radius 2 is 2.43 bits per heavy atom. The number of aromatic nitrogens is 1. The molecule has 4 nitrogen and oxygen atoms in total. The standard InChI is InChI=1S/C10H13NO3/c1-6-4-2-3-5-7(6)8-9(12)11-10(13)14-8/h5-6,12H,2-4H2,1H3,(H,11,13). The molecule has 1 heterocycles. The largest absolute Gasteiger partial charge is 0.492 e. The van der Waals surface area contributed by atoms with Gasteiger partial charge in [0.05, 0.1) is 0 Å². The van der Waals surface area contributed by atoms with Crippen molar-refractivity contribution >= 4 is 5.57 Å². The van der Waals surface area contributed by atoms with Crippen LogP contribution in [-0.4, -0.2) is 10.1 Å². The molecule has 1 atom stereocenters. The molecule has 0 spiro atoms. The summed E-state index contributed by atoms with van der Waals surface area (Å²) >= 11 is 0. The van der Waals surface area contributed by atoms with E-state index in [1.54, 1.807) is 0 Å². The lowest BCUT2D eigenvalue weighted by atomic mass is 9.88. The van der Waals surface area contributed by atoms with Gasteiger partial charge in [-0.2, -0.15) is 0 Å². The highest BCUT2D eigenvalue weighted by Crippen LogP contribution is 2.34. The zero-order chi connectivity index (χ0) is 10.1. The van der Waals surface area contributed by atoms with Crippen LogP contribution in [0.15, 0.2) is 15.3 Å². The minimum absolute atomic E-state index is 0.157. The van der Waals surface area contributed by atoms with Crippen LogP contribution in [0.4, 0.5) is 0 Å². The van der Waals surface area contributed by atoms with Crippen LogP contribution in [0, 0.1) is 5.92 Å². The molecule has 1 aliphatic rings. The zero-order valence-corrected chi connectivity index (χ0v) is 8.04. The first-order valence-corrected chi connectivity index (χ1v) is 4.81. The lowest BCUT2D eigenvalue weighted by molar-refractivity contribution is 0.435. The second-order valence-corrected chi connectivity index (χ2v) is 3.68. The zero-order valence-electron chi connectivity index (χ0n) is 8.04. The van der Waals surface area contributed by atoms with Crippen molar-refractivity contribution in [3.63, 3.8) is 0 Å².